The molecule has 0 aromatic heterocycles. The number of carbonyl (C=O) groups is 2. The summed E-state index contributed by atoms with van der Waals surface area (Å²) in [5.41, 5.74) is 0.860. The van der Waals surface area contributed by atoms with E-state index in [-0.39, 0.29) is 12.3 Å². The van der Waals surface area contributed by atoms with E-state index in [4.69, 9.17) is 4.74 Å². The zero-order valence-electron chi connectivity index (χ0n) is 19.2. The van der Waals surface area contributed by atoms with Crippen molar-refractivity contribution in [3.05, 3.63) is 29.8 Å². The standard InChI is InChI=1S/C25H41NO4/c1-4-6-7-8-9-10-11-12-13-14-19-30-22-17-15-21(16-18-22)20-24(27)26(3)23(5-2)25(28)29/h15-18,23H,4-14,19-20H2,1-3H3,(H,28,29). The molecule has 1 rings (SSSR count). The maximum Gasteiger partial charge on any atom is 0.326 e. The second kappa shape index (κ2) is 15.8. The van der Waals surface area contributed by atoms with Gasteiger partial charge in [-0.05, 0) is 30.5 Å². The van der Waals surface area contributed by atoms with Crippen molar-refractivity contribution in [1.82, 2.24) is 4.90 Å². The maximum atomic E-state index is 12.3. The molecule has 5 heteroatoms. The normalized spacial score (nSPS) is 11.8. The summed E-state index contributed by atoms with van der Waals surface area (Å²) < 4.78 is 5.80. The summed E-state index contributed by atoms with van der Waals surface area (Å²) in [5, 5.41) is 9.19. The Bertz CT molecular complexity index is 600. The van der Waals surface area contributed by atoms with E-state index in [0.717, 1.165) is 17.7 Å². The highest BCUT2D eigenvalue weighted by Gasteiger charge is 2.24. The fourth-order valence-electron chi connectivity index (χ4n) is 3.57. The molecule has 30 heavy (non-hydrogen) atoms. The summed E-state index contributed by atoms with van der Waals surface area (Å²) in [6.45, 7) is 4.74. The average Bonchev–Trinajstić information content (AvgIpc) is 2.73. The largest absolute Gasteiger partial charge is 0.494 e. The maximum absolute atomic E-state index is 12.3. The summed E-state index contributed by atoms with van der Waals surface area (Å²) in [7, 11) is 1.55. The predicted molar refractivity (Wildman–Crippen MR) is 122 cm³/mol. The summed E-state index contributed by atoms with van der Waals surface area (Å²) >= 11 is 0. The molecule has 5 nitrogen and oxygen atoms in total. The molecule has 1 aromatic carbocycles. The molecule has 0 aliphatic heterocycles. The first-order chi connectivity index (χ1) is 14.5. The van der Waals surface area contributed by atoms with Crippen LogP contribution in [0, 0.1) is 0 Å². The van der Waals surface area contributed by atoms with Crippen LogP contribution in [0.3, 0.4) is 0 Å². The number of nitrogens with zero attached hydrogens (tertiary/aromatic N) is 1. The monoisotopic (exact) mass is 419 g/mol. The number of ether oxygens (including phenoxy) is 1. The topological polar surface area (TPSA) is 66.8 Å². The Labute approximate surface area is 182 Å². The van der Waals surface area contributed by atoms with Crippen molar-refractivity contribution < 1.29 is 19.4 Å². The zero-order valence-corrected chi connectivity index (χ0v) is 19.2. The molecule has 0 heterocycles. The van der Waals surface area contributed by atoms with Crippen molar-refractivity contribution in [2.24, 2.45) is 0 Å². The number of carboxylic acid groups (broad SMARTS) is 1. The SMILES string of the molecule is CCCCCCCCCCCCOc1ccc(CC(=O)N(C)C(CC)C(=O)O)cc1. The van der Waals surface area contributed by atoms with Crippen LogP contribution in [0.25, 0.3) is 0 Å². The summed E-state index contributed by atoms with van der Waals surface area (Å²) in [6.07, 6.45) is 13.6. The van der Waals surface area contributed by atoms with E-state index in [0.29, 0.717) is 13.0 Å². The molecule has 0 aliphatic carbocycles. The van der Waals surface area contributed by atoms with E-state index in [9.17, 15) is 14.7 Å². The lowest BCUT2D eigenvalue weighted by Crippen LogP contribution is -2.42. The first-order valence-electron chi connectivity index (χ1n) is 11.7. The third-order valence-corrected chi connectivity index (χ3v) is 5.58. The Kier molecular flexibility index (Phi) is 13.7. The van der Waals surface area contributed by atoms with Crippen LogP contribution < -0.4 is 4.74 Å². The number of carbonyl (C=O) groups excluding carboxylic acids is 1. The van der Waals surface area contributed by atoms with E-state index in [2.05, 4.69) is 6.92 Å². The first kappa shape index (κ1) is 26.0. The van der Waals surface area contributed by atoms with Crippen LogP contribution in [-0.2, 0) is 16.0 Å². The van der Waals surface area contributed by atoms with Crippen LogP contribution in [0.5, 0.6) is 5.75 Å². The minimum atomic E-state index is -0.968. The molecule has 1 aromatic rings. The second-order valence-electron chi connectivity index (χ2n) is 8.12. The van der Waals surface area contributed by atoms with Crippen molar-refractivity contribution >= 4 is 11.9 Å². The van der Waals surface area contributed by atoms with Crippen LogP contribution in [0.4, 0.5) is 0 Å². The van der Waals surface area contributed by atoms with Gasteiger partial charge in [0.1, 0.15) is 11.8 Å². The predicted octanol–water partition coefficient (Wildman–Crippen LogP) is 5.85. The Balaban J connectivity index is 2.19. The van der Waals surface area contributed by atoms with Gasteiger partial charge in [0.05, 0.1) is 13.0 Å². The lowest BCUT2D eigenvalue weighted by Gasteiger charge is -2.23. The van der Waals surface area contributed by atoms with Crippen molar-refractivity contribution in [2.45, 2.75) is 96.9 Å². The Morgan fingerprint density at radius 2 is 1.43 bits per heavy atom. The highest BCUT2D eigenvalue weighted by molar-refractivity contribution is 5.84. The molecule has 1 unspecified atom stereocenters. The van der Waals surface area contributed by atoms with Gasteiger partial charge in [0.2, 0.25) is 5.91 Å². The lowest BCUT2D eigenvalue weighted by atomic mass is 10.1. The molecule has 0 radical (unpaired) electrons. The summed E-state index contributed by atoms with van der Waals surface area (Å²) in [6, 6.07) is 6.74. The van der Waals surface area contributed by atoms with E-state index < -0.39 is 12.0 Å². The van der Waals surface area contributed by atoms with Gasteiger partial charge >= 0.3 is 5.97 Å². The van der Waals surface area contributed by atoms with Gasteiger partial charge in [0.25, 0.3) is 0 Å². The number of unbranched alkanes of at least 4 members (excludes halogenated alkanes) is 9. The highest BCUT2D eigenvalue weighted by atomic mass is 16.5. The minimum Gasteiger partial charge on any atom is -0.494 e. The number of rotatable bonds is 17. The smallest absolute Gasteiger partial charge is 0.326 e. The highest BCUT2D eigenvalue weighted by Crippen LogP contribution is 2.15. The molecule has 1 N–H and O–H groups in total. The molecular weight excluding hydrogens is 378 g/mol. The van der Waals surface area contributed by atoms with Gasteiger partial charge in [-0.3, -0.25) is 4.79 Å². The molecule has 0 aliphatic rings. The van der Waals surface area contributed by atoms with Gasteiger partial charge in [-0.2, -0.15) is 0 Å². The molecule has 0 bridgehead atoms. The minimum absolute atomic E-state index is 0.191. The van der Waals surface area contributed by atoms with Gasteiger partial charge < -0.3 is 14.7 Å². The summed E-state index contributed by atoms with van der Waals surface area (Å²) in [4.78, 5) is 24.8. The number of benzene rings is 1. The van der Waals surface area contributed by atoms with E-state index in [1.165, 1.54) is 62.7 Å². The van der Waals surface area contributed by atoms with Gasteiger partial charge in [-0.25, -0.2) is 4.79 Å². The third kappa shape index (κ3) is 10.7. The van der Waals surface area contributed by atoms with Gasteiger partial charge in [-0.1, -0.05) is 83.8 Å². The number of aliphatic carboxylic acids is 1. The Morgan fingerprint density at radius 3 is 1.93 bits per heavy atom. The van der Waals surface area contributed by atoms with E-state index in [1.54, 1.807) is 14.0 Å². The first-order valence-corrected chi connectivity index (χ1v) is 11.7. The van der Waals surface area contributed by atoms with Gasteiger partial charge in [-0.15, -0.1) is 0 Å². The van der Waals surface area contributed by atoms with Gasteiger partial charge in [0, 0.05) is 7.05 Å². The average molecular weight is 420 g/mol. The molecule has 0 fully saturated rings. The molecule has 1 atom stereocenters. The number of likely N-dealkylation sites (N-methyl/N-ethyl adjacent to an activating group) is 1. The molecular formula is C25H41NO4. The molecule has 1 amide bonds. The van der Waals surface area contributed by atoms with Crippen LogP contribution >= 0.6 is 0 Å². The Hall–Kier alpha value is -2.04. The fourth-order valence-corrected chi connectivity index (χ4v) is 3.57. The van der Waals surface area contributed by atoms with Crippen molar-refractivity contribution in [2.75, 3.05) is 13.7 Å². The molecule has 170 valence electrons. The van der Waals surface area contributed by atoms with Crippen LogP contribution in [-0.4, -0.2) is 41.6 Å². The second-order valence-corrected chi connectivity index (χ2v) is 8.12. The van der Waals surface area contributed by atoms with Crippen LogP contribution in [0.2, 0.25) is 0 Å². The fraction of sp³-hybridized carbons (Fsp3) is 0.680. The van der Waals surface area contributed by atoms with Crippen molar-refractivity contribution in [1.29, 1.82) is 0 Å². The molecule has 0 saturated carbocycles. The summed E-state index contributed by atoms with van der Waals surface area (Å²) in [5.74, 6) is -0.347. The Morgan fingerprint density at radius 1 is 0.900 bits per heavy atom. The quantitative estimate of drug-likeness (QED) is 0.322. The number of hydrogen-bond donors (Lipinski definition) is 1. The number of carboxylic acids is 1. The lowest BCUT2D eigenvalue weighted by molar-refractivity contribution is -0.148. The van der Waals surface area contributed by atoms with Crippen LogP contribution in [0.15, 0.2) is 24.3 Å². The molecule has 0 saturated heterocycles. The molecule has 0 spiro atoms. The zero-order chi connectivity index (χ0) is 22.2. The van der Waals surface area contributed by atoms with Crippen LogP contribution in [0.1, 0.15) is 90.0 Å². The third-order valence-electron chi connectivity index (χ3n) is 5.58. The van der Waals surface area contributed by atoms with Crippen molar-refractivity contribution in [3.63, 3.8) is 0 Å². The van der Waals surface area contributed by atoms with E-state index >= 15 is 0 Å². The van der Waals surface area contributed by atoms with Crippen molar-refractivity contribution in [3.8, 4) is 5.75 Å². The van der Waals surface area contributed by atoms with Gasteiger partial charge in [0.15, 0.2) is 0 Å². The number of hydrogen-bond acceptors (Lipinski definition) is 3. The number of amides is 1. The van der Waals surface area contributed by atoms with E-state index in [1.807, 2.05) is 24.3 Å².